The Hall–Kier alpha value is -5.53. The summed E-state index contributed by atoms with van der Waals surface area (Å²) in [6.07, 6.45) is 2.61. The Labute approximate surface area is 269 Å². The zero-order valence-electron chi connectivity index (χ0n) is 25.3. The second-order valence-electron chi connectivity index (χ2n) is 12.7. The van der Waals surface area contributed by atoms with E-state index in [1.165, 1.54) is 6.07 Å². The largest absolute Gasteiger partial charge is 0.507 e. The quantitative estimate of drug-likeness (QED) is 0.160. The lowest BCUT2D eigenvalue weighted by Crippen LogP contribution is -2.54. The standard InChI is InChI=1S/C33H33N7O7/c34-28-26(12-23(38-39-28)20-3-1-2-4-25(20)41)47-16-33-13-17(14-33)22(15-33)29(43)36-10-9-35-18-5-6-19-21(11-18)32(46)40(31(19)45)24-7-8-27(42)37-30(24)44/h1-6,11-12,17,22,24,35,41H,7-10,13-16H2,(H2,34,39)(H,36,43)(H,37,42,44). The van der Waals surface area contributed by atoms with Crippen LogP contribution in [-0.2, 0) is 14.4 Å². The molecule has 242 valence electrons. The van der Waals surface area contributed by atoms with Crippen molar-refractivity contribution in [3.8, 4) is 22.8 Å². The third-order valence-electron chi connectivity index (χ3n) is 9.64. The molecule has 47 heavy (non-hydrogen) atoms. The fourth-order valence-electron chi connectivity index (χ4n) is 7.28. The number of para-hydroxylation sites is 1. The summed E-state index contributed by atoms with van der Waals surface area (Å²) < 4.78 is 6.10. The van der Waals surface area contributed by atoms with Gasteiger partial charge in [0.2, 0.25) is 17.7 Å². The van der Waals surface area contributed by atoms with E-state index in [9.17, 15) is 29.1 Å². The molecule has 8 rings (SSSR count). The van der Waals surface area contributed by atoms with Gasteiger partial charge in [-0.25, -0.2) is 0 Å². The highest BCUT2D eigenvalue weighted by Crippen LogP contribution is 2.62. The molecule has 6 N–H and O–H groups in total. The first-order chi connectivity index (χ1) is 22.6. The first-order valence-corrected chi connectivity index (χ1v) is 15.5. The third-order valence-corrected chi connectivity index (χ3v) is 9.64. The third kappa shape index (κ3) is 5.49. The topological polar surface area (TPSA) is 206 Å². The van der Waals surface area contributed by atoms with Crippen LogP contribution in [-0.4, -0.2) is 75.5 Å². The van der Waals surface area contributed by atoms with E-state index in [0.717, 1.165) is 17.7 Å². The van der Waals surface area contributed by atoms with Gasteiger partial charge in [-0.15, -0.1) is 10.2 Å². The number of hydrogen-bond donors (Lipinski definition) is 5. The van der Waals surface area contributed by atoms with Crippen molar-refractivity contribution in [1.29, 1.82) is 0 Å². The molecule has 3 aliphatic carbocycles. The predicted molar refractivity (Wildman–Crippen MR) is 167 cm³/mol. The molecule has 14 heteroatoms. The number of amides is 5. The minimum absolute atomic E-state index is 0.0160. The summed E-state index contributed by atoms with van der Waals surface area (Å²) in [6.45, 7) is 1.14. The summed E-state index contributed by atoms with van der Waals surface area (Å²) in [4.78, 5) is 63.8. The molecule has 4 fully saturated rings. The molecule has 2 unspecified atom stereocenters. The van der Waals surface area contributed by atoms with Gasteiger partial charge in [-0.2, -0.15) is 0 Å². The van der Waals surface area contributed by atoms with Crippen molar-refractivity contribution in [2.75, 3.05) is 30.7 Å². The van der Waals surface area contributed by atoms with Crippen molar-refractivity contribution in [3.63, 3.8) is 0 Å². The predicted octanol–water partition coefficient (Wildman–Crippen LogP) is 1.86. The van der Waals surface area contributed by atoms with Gasteiger partial charge < -0.3 is 26.2 Å². The molecule has 2 aromatic carbocycles. The van der Waals surface area contributed by atoms with E-state index in [1.807, 2.05) is 0 Å². The highest BCUT2D eigenvalue weighted by Gasteiger charge is 2.58. The number of carbonyl (C=O) groups excluding carboxylic acids is 5. The Morgan fingerprint density at radius 1 is 1.00 bits per heavy atom. The highest BCUT2D eigenvalue weighted by molar-refractivity contribution is 6.23. The molecule has 5 amide bonds. The van der Waals surface area contributed by atoms with Crippen molar-refractivity contribution in [2.45, 2.75) is 38.1 Å². The smallest absolute Gasteiger partial charge is 0.262 e. The van der Waals surface area contributed by atoms with E-state index in [0.29, 0.717) is 48.8 Å². The Kier molecular flexibility index (Phi) is 7.49. The number of rotatable bonds is 10. The Morgan fingerprint density at radius 2 is 1.79 bits per heavy atom. The van der Waals surface area contributed by atoms with Crippen molar-refractivity contribution in [2.24, 2.45) is 17.3 Å². The van der Waals surface area contributed by atoms with Crippen molar-refractivity contribution >= 4 is 41.0 Å². The maximum atomic E-state index is 13.1. The number of nitrogens with two attached hydrogens (primary N) is 1. The fraction of sp³-hybridized carbons (Fsp3) is 0.364. The number of carbonyl (C=O) groups is 5. The summed E-state index contributed by atoms with van der Waals surface area (Å²) in [5.41, 5.74) is 7.87. The summed E-state index contributed by atoms with van der Waals surface area (Å²) in [5.74, 6) is -1.45. The zero-order chi connectivity index (χ0) is 32.9. The van der Waals surface area contributed by atoms with Crippen LogP contribution in [0.2, 0.25) is 0 Å². The number of nitrogens with one attached hydrogen (secondary N) is 3. The van der Waals surface area contributed by atoms with Crippen LogP contribution in [0, 0.1) is 17.3 Å². The first kappa shape index (κ1) is 30.1. The lowest BCUT2D eigenvalue weighted by molar-refractivity contribution is -0.136. The number of phenols is 1. The molecule has 1 aromatic heterocycles. The SMILES string of the molecule is Nc1nnc(-c2ccccc2O)cc1OCC12CC(C1)C(C(=O)NCCNc1ccc3c(c1)C(=O)N(C1CCC(=O)NC1=O)C3=O)C2. The fourth-order valence-corrected chi connectivity index (χ4v) is 7.28. The van der Waals surface area contributed by atoms with Crippen LogP contribution in [0.1, 0.15) is 52.8 Å². The van der Waals surface area contributed by atoms with Crippen molar-refractivity contribution in [3.05, 3.63) is 59.7 Å². The van der Waals surface area contributed by atoms with Crippen LogP contribution in [0.4, 0.5) is 11.5 Å². The number of fused-ring (bicyclic) bond motifs is 2. The maximum Gasteiger partial charge on any atom is 0.262 e. The van der Waals surface area contributed by atoms with E-state index < -0.39 is 29.7 Å². The minimum atomic E-state index is -1.02. The average molecular weight is 640 g/mol. The van der Waals surface area contributed by atoms with Crippen LogP contribution < -0.4 is 26.4 Å². The maximum absolute atomic E-state index is 13.1. The molecule has 2 bridgehead atoms. The van der Waals surface area contributed by atoms with Crippen LogP contribution in [0.5, 0.6) is 11.5 Å². The second-order valence-corrected chi connectivity index (χ2v) is 12.7. The number of nitrogens with zero attached hydrogens (tertiary/aromatic N) is 3. The molecular formula is C33H33N7O7. The number of imide groups is 2. The van der Waals surface area contributed by atoms with E-state index in [-0.39, 0.29) is 58.7 Å². The number of ether oxygens (including phenoxy) is 1. The molecule has 3 heterocycles. The summed E-state index contributed by atoms with van der Waals surface area (Å²) >= 11 is 0. The Balaban J connectivity index is 0.892. The van der Waals surface area contributed by atoms with Crippen molar-refractivity contribution < 1.29 is 33.8 Å². The number of aromatic hydroxyl groups is 1. The van der Waals surface area contributed by atoms with Gasteiger partial charge in [-0.3, -0.25) is 34.2 Å². The van der Waals surface area contributed by atoms with Gasteiger partial charge in [0.1, 0.15) is 17.5 Å². The van der Waals surface area contributed by atoms with Crippen LogP contribution in [0.15, 0.2) is 48.5 Å². The zero-order valence-corrected chi connectivity index (χ0v) is 25.3. The van der Waals surface area contributed by atoms with Gasteiger partial charge in [0, 0.05) is 48.2 Å². The van der Waals surface area contributed by atoms with Crippen LogP contribution in [0.25, 0.3) is 11.3 Å². The van der Waals surface area contributed by atoms with Gasteiger partial charge in [0.25, 0.3) is 11.8 Å². The molecule has 0 radical (unpaired) electrons. The number of piperidine rings is 1. The first-order valence-electron chi connectivity index (χ1n) is 15.5. The molecule has 0 spiro atoms. The minimum Gasteiger partial charge on any atom is -0.507 e. The van der Waals surface area contributed by atoms with Gasteiger partial charge in [0.05, 0.1) is 17.7 Å². The van der Waals surface area contributed by atoms with Gasteiger partial charge in [-0.05, 0) is 61.9 Å². The Bertz CT molecular complexity index is 1820. The number of phenolic OH excluding ortho intramolecular Hbond substituents is 1. The molecule has 3 aromatic rings. The molecule has 2 aliphatic heterocycles. The lowest BCUT2D eigenvalue weighted by atomic mass is 9.70. The molecule has 2 atom stereocenters. The monoisotopic (exact) mass is 639 g/mol. The summed E-state index contributed by atoms with van der Waals surface area (Å²) in [5, 5.41) is 26.6. The molecule has 5 aliphatic rings. The lowest BCUT2D eigenvalue weighted by Gasteiger charge is -2.38. The van der Waals surface area contributed by atoms with E-state index in [1.54, 1.807) is 42.5 Å². The van der Waals surface area contributed by atoms with E-state index in [2.05, 4.69) is 26.1 Å². The summed E-state index contributed by atoms with van der Waals surface area (Å²) in [6, 6.07) is 12.2. The van der Waals surface area contributed by atoms with Crippen LogP contribution >= 0.6 is 0 Å². The molecule has 14 nitrogen and oxygen atoms in total. The van der Waals surface area contributed by atoms with Gasteiger partial charge in [0.15, 0.2) is 11.6 Å². The number of hydrogen-bond acceptors (Lipinski definition) is 11. The normalized spacial score (nSPS) is 24.4. The Morgan fingerprint density at radius 3 is 2.57 bits per heavy atom. The van der Waals surface area contributed by atoms with Crippen LogP contribution in [0.3, 0.4) is 0 Å². The number of aromatic nitrogens is 2. The molecule has 1 saturated heterocycles. The van der Waals surface area contributed by atoms with Gasteiger partial charge >= 0.3 is 0 Å². The number of nitrogen functional groups attached to an aromatic ring is 1. The number of benzene rings is 2. The average Bonchev–Trinajstić information content (AvgIpc) is 3.68. The second kappa shape index (κ2) is 11.7. The van der Waals surface area contributed by atoms with Gasteiger partial charge in [-0.1, -0.05) is 12.1 Å². The van der Waals surface area contributed by atoms with E-state index in [4.69, 9.17) is 10.5 Å². The highest BCUT2D eigenvalue weighted by atomic mass is 16.5. The van der Waals surface area contributed by atoms with E-state index >= 15 is 0 Å². The molecule has 3 saturated carbocycles. The number of anilines is 2. The molecular weight excluding hydrogens is 606 g/mol. The van der Waals surface area contributed by atoms with Crippen molar-refractivity contribution in [1.82, 2.24) is 25.7 Å². The summed E-state index contributed by atoms with van der Waals surface area (Å²) in [7, 11) is 0.